The molecule has 2 rings (SSSR count). The van der Waals surface area contributed by atoms with E-state index in [0.717, 1.165) is 10.2 Å². The molecule has 0 spiro atoms. The van der Waals surface area contributed by atoms with Crippen molar-refractivity contribution in [1.82, 2.24) is 20.2 Å². The van der Waals surface area contributed by atoms with Crippen LogP contribution in [-0.4, -0.2) is 31.3 Å². The second-order valence-electron chi connectivity index (χ2n) is 3.51. The molecule has 0 fully saturated rings. The SMILES string of the molecule is Cc1ccc(F)cc1-c1nnnn1CC(=O)O. The first-order valence-corrected chi connectivity index (χ1v) is 4.82. The predicted octanol–water partition coefficient (Wildman–Crippen LogP) is 0.872. The van der Waals surface area contributed by atoms with Crippen LogP contribution in [0.15, 0.2) is 18.2 Å². The third-order valence-corrected chi connectivity index (χ3v) is 2.26. The van der Waals surface area contributed by atoms with Crippen LogP contribution in [0.1, 0.15) is 5.56 Å². The highest BCUT2D eigenvalue weighted by Gasteiger charge is 2.14. The van der Waals surface area contributed by atoms with E-state index in [9.17, 15) is 9.18 Å². The van der Waals surface area contributed by atoms with E-state index in [-0.39, 0.29) is 12.4 Å². The zero-order valence-electron chi connectivity index (χ0n) is 8.96. The van der Waals surface area contributed by atoms with Gasteiger partial charge in [0, 0.05) is 5.56 Å². The molecule has 0 aliphatic heterocycles. The van der Waals surface area contributed by atoms with Gasteiger partial charge in [-0.25, -0.2) is 9.07 Å². The summed E-state index contributed by atoms with van der Waals surface area (Å²) in [7, 11) is 0. The summed E-state index contributed by atoms with van der Waals surface area (Å²) >= 11 is 0. The van der Waals surface area contributed by atoms with E-state index >= 15 is 0 Å². The molecule has 1 heterocycles. The van der Waals surface area contributed by atoms with Gasteiger partial charge in [-0.2, -0.15) is 0 Å². The second kappa shape index (κ2) is 4.28. The van der Waals surface area contributed by atoms with E-state index in [4.69, 9.17) is 5.11 Å². The van der Waals surface area contributed by atoms with Gasteiger partial charge in [0.1, 0.15) is 12.4 Å². The summed E-state index contributed by atoms with van der Waals surface area (Å²) in [6.07, 6.45) is 0. The van der Waals surface area contributed by atoms with Crippen molar-refractivity contribution < 1.29 is 14.3 Å². The largest absolute Gasteiger partial charge is 0.480 e. The number of tetrazole rings is 1. The summed E-state index contributed by atoms with van der Waals surface area (Å²) in [5.41, 5.74) is 1.25. The molecule has 1 N–H and O–H groups in total. The lowest BCUT2D eigenvalue weighted by Crippen LogP contribution is -2.12. The lowest BCUT2D eigenvalue weighted by molar-refractivity contribution is -0.137. The number of halogens is 1. The quantitative estimate of drug-likeness (QED) is 0.855. The maximum absolute atomic E-state index is 13.1. The number of rotatable bonds is 3. The van der Waals surface area contributed by atoms with Crippen LogP contribution >= 0.6 is 0 Å². The van der Waals surface area contributed by atoms with E-state index in [1.54, 1.807) is 13.0 Å². The average molecular weight is 236 g/mol. The Morgan fingerprint density at radius 1 is 1.53 bits per heavy atom. The third-order valence-electron chi connectivity index (χ3n) is 2.26. The van der Waals surface area contributed by atoms with Crippen LogP contribution in [0.3, 0.4) is 0 Å². The van der Waals surface area contributed by atoms with Crippen LogP contribution in [0.4, 0.5) is 4.39 Å². The molecular weight excluding hydrogens is 227 g/mol. The Morgan fingerprint density at radius 3 is 3.00 bits per heavy atom. The molecule has 0 atom stereocenters. The highest BCUT2D eigenvalue weighted by atomic mass is 19.1. The molecule has 7 heteroatoms. The Kier molecular flexibility index (Phi) is 2.82. The van der Waals surface area contributed by atoms with Crippen molar-refractivity contribution in [2.45, 2.75) is 13.5 Å². The van der Waals surface area contributed by atoms with Crippen molar-refractivity contribution in [3.8, 4) is 11.4 Å². The van der Waals surface area contributed by atoms with E-state index < -0.39 is 11.8 Å². The molecule has 1 aromatic carbocycles. The first kappa shape index (κ1) is 11.2. The van der Waals surface area contributed by atoms with E-state index in [2.05, 4.69) is 15.5 Å². The van der Waals surface area contributed by atoms with Gasteiger partial charge >= 0.3 is 5.97 Å². The molecular formula is C10H9FN4O2. The molecule has 6 nitrogen and oxygen atoms in total. The van der Waals surface area contributed by atoms with Crippen LogP contribution < -0.4 is 0 Å². The van der Waals surface area contributed by atoms with Gasteiger partial charge < -0.3 is 5.11 Å². The Morgan fingerprint density at radius 2 is 2.29 bits per heavy atom. The number of aromatic nitrogens is 4. The minimum atomic E-state index is -1.06. The zero-order valence-corrected chi connectivity index (χ0v) is 8.96. The van der Waals surface area contributed by atoms with Gasteiger partial charge in [0.2, 0.25) is 0 Å². The molecule has 1 aromatic heterocycles. The summed E-state index contributed by atoms with van der Waals surface area (Å²) in [6.45, 7) is 1.41. The highest BCUT2D eigenvalue weighted by Crippen LogP contribution is 2.21. The summed E-state index contributed by atoms with van der Waals surface area (Å²) in [5, 5.41) is 19.4. The van der Waals surface area contributed by atoms with Gasteiger partial charge in [0.15, 0.2) is 5.82 Å². The number of nitrogens with zero attached hydrogens (tertiary/aromatic N) is 4. The van der Waals surface area contributed by atoms with Crippen LogP contribution in [-0.2, 0) is 11.3 Å². The van der Waals surface area contributed by atoms with E-state index in [1.165, 1.54) is 12.1 Å². The van der Waals surface area contributed by atoms with Crippen molar-refractivity contribution in [2.75, 3.05) is 0 Å². The van der Waals surface area contributed by atoms with Crippen molar-refractivity contribution in [2.24, 2.45) is 0 Å². The minimum absolute atomic E-state index is 0.240. The number of carboxylic acid groups (broad SMARTS) is 1. The summed E-state index contributed by atoms with van der Waals surface area (Å²) < 4.78 is 14.3. The van der Waals surface area contributed by atoms with Gasteiger partial charge in [-0.15, -0.1) is 5.10 Å². The molecule has 2 aromatic rings. The number of hydrogen-bond acceptors (Lipinski definition) is 4. The van der Waals surface area contributed by atoms with Crippen LogP contribution in [0.5, 0.6) is 0 Å². The molecule has 0 aliphatic carbocycles. The number of hydrogen-bond donors (Lipinski definition) is 1. The van der Waals surface area contributed by atoms with Crippen molar-refractivity contribution >= 4 is 5.97 Å². The fraction of sp³-hybridized carbons (Fsp3) is 0.200. The lowest BCUT2D eigenvalue weighted by Gasteiger charge is -2.05. The minimum Gasteiger partial charge on any atom is -0.480 e. The highest BCUT2D eigenvalue weighted by molar-refractivity contribution is 5.68. The van der Waals surface area contributed by atoms with Gasteiger partial charge in [0.25, 0.3) is 0 Å². The second-order valence-corrected chi connectivity index (χ2v) is 3.51. The fourth-order valence-electron chi connectivity index (χ4n) is 1.47. The monoisotopic (exact) mass is 236 g/mol. The average Bonchev–Trinajstić information content (AvgIpc) is 2.69. The maximum atomic E-state index is 13.1. The fourth-order valence-corrected chi connectivity index (χ4v) is 1.47. The maximum Gasteiger partial charge on any atom is 0.325 e. The number of aryl methyl sites for hydroxylation is 1. The van der Waals surface area contributed by atoms with Crippen molar-refractivity contribution in [3.05, 3.63) is 29.6 Å². The smallest absolute Gasteiger partial charge is 0.325 e. The Labute approximate surface area is 95.7 Å². The Hall–Kier alpha value is -2.31. The molecule has 0 unspecified atom stereocenters. The van der Waals surface area contributed by atoms with Crippen LogP contribution in [0, 0.1) is 12.7 Å². The molecule has 88 valence electrons. The number of carboxylic acids is 1. The topological polar surface area (TPSA) is 80.9 Å². The van der Waals surface area contributed by atoms with Crippen molar-refractivity contribution in [1.29, 1.82) is 0 Å². The summed E-state index contributed by atoms with van der Waals surface area (Å²) in [6, 6.07) is 4.19. The van der Waals surface area contributed by atoms with Crippen LogP contribution in [0.25, 0.3) is 11.4 Å². The standard InChI is InChI=1S/C10H9FN4O2/c1-6-2-3-7(11)4-8(6)10-12-13-14-15(10)5-9(16)17/h2-4H,5H2,1H3,(H,16,17). The molecule has 17 heavy (non-hydrogen) atoms. The van der Waals surface area contributed by atoms with Gasteiger partial charge in [-0.3, -0.25) is 4.79 Å². The van der Waals surface area contributed by atoms with Crippen molar-refractivity contribution in [3.63, 3.8) is 0 Å². The summed E-state index contributed by atoms with van der Waals surface area (Å²) in [4.78, 5) is 10.6. The Balaban J connectivity index is 2.49. The van der Waals surface area contributed by atoms with Gasteiger partial charge in [-0.05, 0) is 35.0 Å². The number of carbonyl (C=O) groups is 1. The number of benzene rings is 1. The molecule has 0 amide bonds. The van der Waals surface area contributed by atoms with E-state index in [1.807, 2.05) is 0 Å². The lowest BCUT2D eigenvalue weighted by atomic mass is 10.1. The first-order chi connectivity index (χ1) is 8.08. The predicted molar refractivity (Wildman–Crippen MR) is 55.6 cm³/mol. The van der Waals surface area contributed by atoms with Gasteiger partial charge in [-0.1, -0.05) is 6.07 Å². The zero-order chi connectivity index (χ0) is 12.4. The Bertz CT molecular complexity index is 567. The molecule has 0 bridgehead atoms. The van der Waals surface area contributed by atoms with Crippen LogP contribution in [0.2, 0.25) is 0 Å². The van der Waals surface area contributed by atoms with E-state index in [0.29, 0.717) is 5.56 Å². The third kappa shape index (κ3) is 2.27. The molecule has 0 radical (unpaired) electrons. The number of aliphatic carboxylic acids is 1. The molecule has 0 aliphatic rings. The normalized spacial score (nSPS) is 10.5. The molecule has 0 saturated heterocycles. The van der Waals surface area contributed by atoms with Gasteiger partial charge in [0.05, 0.1) is 0 Å². The molecule has 0 saturated carbocycles. The first-order valence-electron chi connectivity index (χ1n) is 4.82. The summed E-state index contributed by atoms with van der Waals surface area (Å²) in [5.74, 6) is -1.24.